The smallest absolute Gasteiger partial charge is 0.317 e. The van der Waals surface area contributed by atoms with Gasteiger partial charge < -0.3 is 14.4 Å². The van der Waals surface area contributed by atoms with E-state index in [9.17, 15) is 4.79 Å². The van der Waals surface area contributed by atoms with Crippen molar-refractivity contribution in [3.8, 4) is 17.0 Å². The number of benzene rings is 2. The Morgan fingerprint density at radius 2 is 2.04 bits per heavy atom. The molecule has 0 saturated heterocycles. The summed E-state index contributed by atoms with van der Waals surface area (Å²) in [6, 6.07) is 13.9. The Bertz CT molecular complexity index is 917. The van der Waals surface area contributed by atoms with Crippen LogP contribution in [0.5, 0.6) is 5.75 Å². The molecule has 0 radical (unpaired) electrons. The molecule has 3 rings (SSSR count). The van der Waals surface area contributed by atoms with Crippen molar-refractivity contribution in [1.82, 2.24) is 10.1 Å². The minimum absolute atomic E-state index is 0.0503. The lowest BCUT2D eigenvalue weighted by atomic mass is 10.0. The fourth-order valence-corrected chi connectivity index (χ4v) is 2.99. The van der Waals surface area contributed by atoms with E-state index in [0.29, 0.717) is 18.0 Å². The molecule has 6 heteroatoms. The number of carboxylic acids is 1. The Morgan fingerprint density at radius 3 is 2.73 bits per heavy atom. The topological polar surface area (TPSA) is 75.8 Å². The first-order chi connectivity index (χ1) is 12.5. The molecule has 0 aliphatic heterocycles. The molecular weight excluding hydrogens is 332 g/mol. The summed E-state index contributed by atoms with van der Waals surface area (Å²) in [6.07, 6.45) is 0. The summed E-state index contributed by atoms with van der Waals surface area (Å²) in [5, 5.41) is 15.4. The standard InChI is InChI=1S/C20H22N2O4/c1-13(2)22(12-19(23)24)11-15-10-17(21-26-15)20-16-7-5-4-6-14(16)8-9-18(20)25-3/h4-10,13H,11-12H2,1-3H3,(H,23,24). The summed E-state index contributed by atoms with van der Waals surface area (Å²) in [5.74, 6) is 0.467. The number of carbonyl (C=O) groups is 1. The second kappa shape index (κ2) is 7.58. The lowest BCUT2D eigenvalue weighted by molar-refractivity contribution is -0.139. The Hall–Kier alpha value is -2.86. The van der Waals surface area contributed by atoms with E-state index in [1.807, 2.05) is 61.2 Å². The maximum atomic E-state index is 11.1. The second-order valence-electron chi connectivity index (χ2n) is 6.43. The van der Waals surface area contributed by atoms with Crippen LogP contribution in [0.25, 0.3) is 22.0 Å². The zero-order chi connectivity index (χ0) is 18.7. The number of aromatic nitrogens is 1. The second-order valence-corrected chi connectivity index (χ2v) is 6.43. The van der Waals surface area contributed by atoms with E-state index in [-0.39, 0.29) is 12.6 Å². The average molecular weight is 354 g/mol. The largest absolute Gasteiger partial charge is 0.496 e. The fourth-order valence-electron chi connectivity index (χ4n) is 2.99. The van der Waals surface area contributed by atoms with Gasteiger partial charge >= 0.3 is 5.97 Å². The highest BCUT2D eigenvalue weighted by molar-refractivity contribution is 5.98. The summed E-state index contributed by atoms with van der Waals surface area (Å²) in [4.78, 5) is 12.9. The molecule has 0 atom stereocenters. The van der Waals surface area contributed by atoms with E-state index in [1.54, 1.807) is 7.11 Å². The molecule has 0 amide bonds. The molecule has 1 aromatic heterocycles. The molecule has 6 nitrogen and oxygen atoms in total. The van der Waals surface area contributed by atoms with Gasteiger partial charge in [-0.15, -0.1) is 0 Å². The lowest BCUT2D eigenvalue weighted by Gasteiger charge is -2.22. The van der Waals surface area contributed by atoms with Crippen molar-refractivity contribution in [2.75, 3.05) is 13.7 Å². The van der Waals surface area contributed by atoms with Crippen LogP contribution in [0.15, 0.2) is 47.0 Å². The lowest BCUT2D eigenvalue weighted by Crippen LogP contribution is -2.34. The minimum atomic E-state index is -0.867. The van der Waals surface area contributed by atoms with Crippen molar-refractivity contribution in [2.24, 2.45) is 0 Å². The van der Waals surface area contributed by atoms with Crippen LogP contribution in [0, 0.1) is 0 Å². The predicted octanol–water partition coefficient (Wildman–Crippen LogP) is 3.80. The number of hydrogen-bond acceptors (Lipinski definition) is 5. The van der Waals surface area contributed by atoms with Gasteiger partial charge in [-0.05, 0) is 30.7 Å². The van der Waals surface area contributed by atoms with Gasteiger partial charge in [-0.1, -0.05) is 35.5 Å². The molecule has 26 heavy (non-hydrogen) atoms. The molecule has 0 unspecified atom stereocenters. The van der Waals surface area contributed by atoms with Crippen LogP contribution in [0.2, 0.25) is 0 Å². The zero-order valence-electron chi connectivity index (χ0n) is 15.1. The van der Waals surface area contributed by atoms with E-state index in [2.05, 4.69) is 5.16 Å². The number of carboxylic acid groups (broad SMARTS) is 1. The number of hydrogen-bond donors (Lipinski definition) is 1. The van der Waals surface area contributed by atoms with Gasteiger partial charge in [-0.3, -0.25) is 9.69 Å². The Labute approximate surface area is 152 Å². The Balaban J connectivity index is 1.97. The molecule has 0 aliphatic carbocycles. The summed E-state index contributed by atoms with van der Waals surface area (Å²) < 4.78 is 11.0. The molecule has 136 valence electrons. The van der Waals surface area contributed by atoms with Crippen LogP contribution in [-0.4, -0.2) is 40.8 Å². The number of methoxy groups -OCH3 is 1. The van der Waals surface area contributed by atoms with Gasteiger partial charge in [-0.25, -0.2) is 0 Å². The molecule has 0 bridgehead atoms. The van der Waals surface area contributed by atoms with Crippen molar-refractivity contribution in [1.29, 1.82) is 0 Å². The van der Waals surface area contributed by atoms with E-state index in [4.69, 9.17) is 14.4 Å². The highest BCUT2D eigenvalue weighted by Gasteiger charge is 2.19. The first-order valence-electron chi connectivity index (χ1n) is 8.47. The third-order valence-electron chi connectivity index (χ3n) is 4.35. The summed E-state index contributed by atoms with van der Waals surface area (Å²) in [5.41, 5.74) is 1.54. The maximum absolute atomic E-state index is 11.1. The molecule has 3 aromatic rings. The minimum Gasteiger partial charge on any atom is -0.496 e. The molecule has 0 saturated carbocycles. The van der Waals surface area contributed by atoms with Crippen LogP contribution in [-0.2, 0) is 11.3 Å². The summed E-state index contributed by atoms with van der Waals surface area (Å²) >= 11 is 0. The SMILES string of the molecule is COc1ccc2ccccc2c1-c1cc(CN(CC(=O)O)C(C)C)on1. The quantitative estimate of drug-likeness (QED) is 0.695. The summed E-state index contributed by atoms with van der Waals surface area (Å²) in [7, 11) is 1.63. The number of fused-ring (bicyclic) bond motifs is 1. The van der Waals surface area contributed by atoms with Gasteiger partial charge in [0.25, 0.3) is 0 Å². The molecular formula is C20H22N2O4. The van der Waals surface area contributed by atoms with Gasteiger partial charge in [0.05, 0.1) is 25.8 Å². The fraction of sp³-hybridized carbons (Fsp3) is 0.300. The molecule has 0 aliphatic rings. The van der Waals surface area contributed by atoms with Crippen molar-refractivity contribution >= 4 is 16.7 Å². The first-order valence-corrected chi connectivity index (χ1v) is 8.47. The van der Waals surface area contributed by atoms with E-state index in [1.165, 1.54) is 0 Å². The Morgan fingerprint density at radius 1 is 1.27 bits per heavy atom. The normalized spacial score (nSPS) is 11.4. The molecule has 0 spiro atoms. The highest BCUT2D eigenvalue weighted by atomic mass is 16.5. The predicted molar refractivity (Wildman–Crippen MR) is 99.2 cm³/mol. The van der Waals surface area contributed by atoms with Crippen LogP contribution in [0.4, 0.5) is 0 Å². The average Bonchev–Trinajstić information content (AvgIpc) is 3.07. The zero-order valence-corrected chi connectivity index (χ0v) is 15.1. The molecule has 0 fully saturated rings. The Kier molecular flexibility index (Phi) is 5.23. The van der Waals surface area contributed by atoms with Gasteiger partial charge in [0.1, 0.15) is 11.4 Å². The molecule has 1 N–H and O–H groups in total. The highest BCUT2D eigenvalue weighted by Crippen LogP contribution is 2.36. The van der Waals surface area contributed by atoms with Crippen LogP contribution >= 0.6 is 0 Å². The van der Waals surface area contributed by atoms with Gasteiger partial charge in [-0.2, -0.15) is 0 Å². The van der Waals surface area contributed by atoms with E-state index < -0.39 is 5.97 Å². The third kappa shape index (κ3) is 3.70. The van der Waals surface area contributed by atoms with Crippen molar-refractivity contribution in [3.63, 3.8) is 0 Å². The molecule has 1 heterocycles. The number of aliphatic carboxylic acids is 1. The van der Waals surface area contributed by atoms with Crippen molar-refractivity contribution < 1.29 is 19.2 Å². The van der Waals surface area contributed by atoms with Crippen LogP contribution in [0.3, 0.4) is 0 Å². The van der Waals surface area contributed by atoms with Gasteiger partial charge in [0.15, 0.2) is 5.76 Å². The number of nitrogens with zero attached hydrogens (tertiary/aromatic N) is 2. The first kappa shape index (κ1) is 17.9. The van der Waals surface area contributed by atoms with Gasteiger partial charge in [0, 0.05) is 12.1 Å². The monoisotopic (exact) mass is 354 g/mol. The summed E-state index contributed by atoms with van der Waals surface area (Å²) in [6.45, 7) is 4.23. The third-order valence-corrected chi connectivity index (χ3v) is 4.35. The number of rotatable bonds is 7. The number of ether oxygens (including phenoxy) is 1. The van der Waals surface area contributed by atoms with Crippen LogP contribution in [0.1, 0.15) is 19.6 Å². The maximum Gasteiger partial charge on any atom is 0.317 e. The van der Waals surface area contributed by atoms with Crippen molar-refractivity contribution in [2.45, 2.75) is 26.4 Å². The van der Waals surface area contributed by atoms with Crippen LogP contribution < -0.4 is 4.74 Å². The van der Waals surface area contributed by atoms with E-state index >= 15 is 0 Å². The van der Waals surface area contributed by atoms with E-state index in [0.717, 1.165) is 22.1 Å². The molecule has 2 aromatic carbocycles. The van der Waals surface area contributed by atoms with Crippen molar-refractivity contribution in [3.05, 3.63) is 48.2 Å². The van der Waals surface area contributed by atoms with Gasteiger partial charge in [0.2, 0.25) is 0 Å².